The third kappa shape index (κ3) is 3.02. The highest BCUT2D eigenvalue weighted by atomic mass is 16.2. The molecule has 3 nitrogen and oxygen atoms in total. The lowest BCUT2D eigenvalue weighted by molar-refractivity contribution is -0.161. The van der Waals surface area contributed by atoms with Gasteiger partial charge in [-0.25, -0.2) is 0 Å². The van der Waals surface area contributed by atoms with Crippen molar-refractivity contribution in [2.24, 2.45) is 0 Å². The molecule has 0 aromatic heterocycles. The van der Waals surface area contributed by atoms with Gasteiger partial charge in [0.05, 0.1) is 6.04 Å². The minimum atomic E-state index is -0.0314. The van der Waals surface area contributed by atoms with E-state index < -0.39 is 0 Å². The average molecular weight is 308 g/mol. The fourth-order valence-corrected chi connectivity index (χ4v) is 3.47. The van der Waals surface area contributed by atoms with Gasteiger partial charge in [-0.2, -0.15) is 0 Å². The van der Waals surface area contributed by atoms with Gasteiger partial charge in [0.2, 0.25) is 5.91 Å². The summed E-state index contributed by atoms with van der Waals surface area (Å²) in [5.74, 6) is 0.242. The molecule has 2 aromatic carbocycles. The molecular weight excluding hydrogens is 284 g/mol. The molecule has 23 heavy (non-hydrogen) atoms. The largest absolute Gasteiger partial charge is 0.328 e. The molecule has 1 aliphatic heterocycles. The molecule has 0 bridgehead atoms. The number of carbonyl (C=O) groups excluding carboxylic acids is 1. The number of carbonyl (C=O) groups is 1. The molecule has 120 valence electrons. The van der Waals surface area contributed by atoms with E-state index in [-0.39, 0.29) is 18.0 Å². The zero-order valence-corrected chi connectivity index (χ0v) is 13.9. The Balaban J connectivity index is 1.88. The number of amides is 1. The molecule has 0 saturated carbocycles. The van der Waals surface area contributed by atoms with Gasteiger partial charge in [-0.1, -0.05) is 74.5 Å². The van der Waals surface area contributed by atoms with E-state index in [2.05, 4.69) is 55.1 Å². The van der Waals surface area contributed by atoms with Crippen LogP contribution in [0.2, 0.25) is 0 Å². The predicted octanol–water partition coefficient (Wildman–Crippen LogP) is 3.48. The van der Waals surface area contributed by atoms with Crippen LogP contribution in [0.1, 0.15) is 31.0 Å². The molecule has 0 aliphatic carbocycles. The summed E-state index contributed by atoms with van der Waals surface area (Å²) in [6.45, 7) is 6.72. The topological polar surface area (TPSA) is 23.6 Å². The molecule has 0 radical (unpaired) electrons. The Kier molecular flexibility index (Phi) is 4.77. The van der Waals surface area contributed by atoms with Crippen molar-refractivity contribution in [2.75, 3.05) is 13.1 Å². The molecular formula is C20H24N2O. The predicted molar refractivity (Wildman–Crippen MR) is 92.9 cm³/mol. The van der Waals surface area contributed by atoms with Crippen LogP contribution in [0.25, 0.3) is 0 Å². The summed E-state index contributed by atoms with van der Waals surface area (Å²) in [6.07, 6.45) is 0. The van der Waals surface area contributed by atoms with E-state index in [4.69, 9.17) is 0 Å². The van der Waals surface area contributed by atoms with Gasteiger partial charge < -0.3 is 4.90 Å². The maximum absolute atomic E-state index is 12.8. The van der Waals surface area contributed by atoms with Crippen molar-refractivity contribution in [2.45, 2.75) is 32.5 Å². The van der Waals surface area contributed by atoms with E-state index in [0.29, 0.717) is 6.54 Å². The van der Waals surface area contributed by atoms with Crippen LogP contribution in [0.5, 0.6) is 0 Å². The third-order valence-corrected chi connectivity index (χ3v) is 4.71. The van der Waals surface area contributed by atoms with Gasteiger partial charge in [-0.15, -0.1) is 0 Å². The van der Waals surface area contributed by atoms with Gasteiger partial charge in [0, 0.05) is 6.54 Å². The Hall–Kier alpha value is -2.13. The molecule has 1 heterocycles. The normalized spacial score (nSPS) is 20.7. The lowest BCUT2D eigenvalue weighted by Gasteiger charge is -2.51. The standard InChI is InChI=1S/C20H24N2O/c1-3-21(4-2)19-18(17-13-9-6-10-14-17)22(20(19)23)15-16-11-7-5-8-12-16/h5-14,18-19H,3-4,15H2,1-2H3. The van der Waals surface area contributed by atoms with Crippen molar-refractivity contribution in [3.63, 3.8) is 0 Å². The van der Waals surface area contributed by atoms with E-state index in [1.807, 2.05) is 29.2 Å². The summed E-state index contributed by atoms with van der Waals surface area (Å²) < 4.78 is 0. The fourth-order valence-electron chi connectivity index (χ4n) is 3.47. The van der Waals surface area contributed by atoms with Crippen LogP contribution < -0.4 is 0 Å². The van der Waals surface area contributed by atoms with E-state index in [1.165, 1.54) is 11.1 Å². The second kappa shape index (κ2) is 6.97. The van der Waals surface area contributed by atoms with Crippen molar-refractivity contribution in [1.82, 2.24) is 9.80 Å². The molecule has 2 unspecified atom stereocenters. The zero-order chi connectivity index (χ0) is 16.2. The first-order chi connectivity index (χ1) is 11.3. The summed E-state index contributed by atoms with van der Waals surface area (Å²) in [5, 5.41) is 0. The second-order valence-corrected chi connectivity index (χ2v) is 5.97. The second-order valence-electron chi connectivity index (χ2n) is 5.97. The van der Waals surface area contributed by atoms with Crippen LogP contribution in [0.3, 0.4) is 0 Å². The van der Waals surface area contributed by atoms with Crippen molar-refractivity contribution >= 4 is 5.91 Å². The maximum atomic E-state index is 12.8. The molecule has 0 N–H and O–H groups in total. The molecule has 3 rings (SSSR count). The van der Waals surface area contributed by atoms with Gasteiger partial charge in [-0.3, -0.25) is 9.69 Å². The summed E-state index contributed by atoms with van der Waals surface area (Å²) >= 11 is 0. The van der Waals surface area contributed by atoms with E-state index in [9.17, 15) is 4.79 Å². The zero-order valence-electron chi connectivity index (χ0n) is 13.9. The monoisotopic (exact) mass is 308 g/mol. The van der Waals surface area contributed by atoms with Gasteiger partial charge in [0.15, 0.2) is 0 Å². The minimum absolute atomic E-state index is 0.0314. The number of benzene rings is 2. The van der Waals surface area contributed by atoms with Gasteiger partial charge >= 0.3 is 0 Å². The smallest absolute Gasteiger partial charge is 0.243 e. The number of likely N-dealkylation sites (N-methyl/N-ethyl adjacent to an activating group) is 1. The van der Waals surface area contributed by atoms with E-state index in [0.717, 1.165) is 13.1 Å². The van der Waals surface area contributed by atoms with Crippen LogP contribution in [0.4, 0.5) is 0 Å². The quantitative estimate of drug-likeness (QED) is 0.763. The molecule has 1 fully saturated rings. The number of likely N-dealkylation sites (tertiary alicyclic amines) is 1. The van der Waals surface area contributed by atoms with Crippen molar-refractivity contribution < 1.29 is 4.79 Å². The van der Waals surface area contributed by atoms with Crippen LogP contribution in [-0.2, 0) is 11.3 Å². The summed E-state index contributed by atoms with van der Waals surface area (Å²) in [6, 6.07) is 20.7. The molecule has 2 aromatic rings. The highest BCUT2D eigenvalue weighted by molar-refractivity contribution is 5.90. The Morgan fingerprint density at radius 2 is 1.48 bits per heavy atom. The summed E-state index contributed by atoms with van der Waals surface area (Å²) in [4.78, 5) is 17.1. The maximum Gasteiger partial charge on any atom is 0.243 e. The Labute approximate surface area is 138 Å². The van der Waals surface area contributed by atoms with Crippen molar-refractivity contribution in [1.29, 1.82) is 0 Å². The van der Waals surface area contributed by atoms with Gasteiger partial charge in [0.1, 0.15) is 6.04 Å². The number of nitrogens with zero attached hydrogens (tertiary/aromatic N) is 2. The molecule has 3 heteroatoms. The van der Waals surface area contributed by atoms with Crippen molar-refractivity contribution in [3.05, 3.63) is 71.8 Å². The third-order valence-electron chi connectivity index (χ3n) is 4.71. The number of hydrogen-bond acceptors (Lipinski definition) is 2. The SMILES string of the molecule is CCN(CC)C1C(=O)N(Cc2ccccc2)C1c1ccccc1. The molecule has 1 amide bonds. The fraction of sp³-hybridized carbons (Fsp3) is 0.350. The first-order valence-corrected chi connectivity index (χ1v) is 8.39. The summed E-state index contributed by atoms with van der Waals surface area (Å²) in [7, 11) is 0. The number of hydrogen-bond donors (Lipinski definition) is 0. The van der Waals surface area contributed by atoms with Crippen molar-refractivity contribution in [3.8, 4) is 0 Å². The molecule has 1 aliphatic rings. The van der Waals surface area contributed by atoms with Gasteiger partial charge in [0.25, 0.3) is 0 Å². The van der Waals surface area contributed by atoms with Crippen LogP contribution in [0, 0.1) is 0 Å². The lowest BCUT2D eigenvalue weighted by atomic mass is 9.86. The highest BCUT2D eigenvalue weighted by Gasteiger charge is 2.50. The van der Waals surface area contributed by atoms with E-state index in [1.54, 1.807) is 0 Å². The Morgan fingerprint density at radius 1 is 0.913 bits per heavy atom. The van der Waals surface area contributed by atoms with Crippen LogP contribution >= 0.6 is 0 Å². The van der Waals surface area contributed by atoms with Crippen LogP contribution in [-0.4, -0.2) is 34.8 Å². The summed E-state index contributed by atoms with van der Waals surface area (Å²) in [5.41, 5.74) is 2.40. The number of β-lactam (4-membered cyclic amide) rings is 1. The molecule has 1 saturated heterocycles. The first-order valence-electron chi connectivity index (χ1n) is 8.39. The lowest BCUT2D eigenvalue weighted by Crippen LogP contribution is -2.65. The Bertz CT molecular complexity index is 637. The minimum Gasteiger partial charge on any atom is -0.328 e. The van der Waals surface area contributed by atoms with Crippen LogP contribution in [0.15, 0.2) is 60.7 Å². The average Bonchev–Trinajstić information content (AvgIpc) is 2.62. The Morgan fingerprint density at radius 3 is 2.04 bits per heavy atom. The highest BCUT2D eigenvalue weighted by Crippen LogP contribution is 2.39. The number of rotatable bonds is 6. The first kappa shape index (κ1) is 15.8. The molecule has 2 atom stereocenters. The van der Waals surface area contributed by atoms with Gasteiger partial charge in [-0.05, 0) is 24.2 Å². The molecule has 0 spiro atoms. The van der Waals surface area contributed by atoms with E-state index >= 15 is 0 Å².